The first-order valence-electron chi connectivity index (χ1n) is 9.70. The van der Waals surface area contributed by atoms with Gasteiger partial charge in [0.1, 0.15) is 5.82 Å². The molecule has 28 heavy (non-hydrogen) atoms. The highest BCUT2D eigenvalue weighted by Gasteiger charge is 2.28. The molecule has 0 saturated carbocycles. The molecule has 4 aromatic rings. The standard InChI is InChI=1S/C21H16FN5O/c1-26-10-16-7-15(9-24-20(16)25-26)13-4-5-14(18(22)8-13)11-27-12-19-17(21(27)28)3-2-6-23-19/h2-10H,11-12H2,1H3/i12D2. The van der Waals surface area contributed by atoms with E-state index in [-0.39, 0.29) is 23.4 Å². The SMILES string of the molecule is [2H]C1([2H])c2ncccc2C(=O)N1Cc1ccc(-c2cnc3nn(C)cc3c2)cc1F. The maximum atomic E-state index is 14.9. The molecule has 5 rings (SSSR count). The minimum Gasteiger partial charge on any atom is -0.328 e. The van der Waals surface area contributed by atoms with E-state index >= 15 is 0 Å². The third kappa shape index (κ3) is 2.72. The first-order chi connectivity index (χ1) is 14.3. The van der Waals surface area contributed by atoms with Crippen molar-refractivity contribution in [3.8, 4) is 11.1 Å². The zero-order valence-corrected chi connectivity index (χ0v) is 14.9. The third-order valence-corrected chi connectivity index (χ3v) is 4.71. The molecule has 7 heteroatoms. The zero-order valence-electron chi connectivity index (χ0n) is 16.9. The van der Waals surface area contributed by atoms with Crippen molar-refractivity contribution in [1.29, 1.82) is 0 Å². The van der Waals surface area contributed by atoms with Gasteiger partial charge in [0.05, 0.1) is 20.5 Å². The quantitative estimate of drug-likeness (QED) is 0.551. The fraction of sp³-hybridized carbons (Fsp3) is 0.143. The van der Waals surface area contributed by atoms with Crippen molar-refractivity contribution in [3.05, 3.63) is 77.6 Å². The fourth-order valence-corrected chi connectivity index (χ4v) is 3.32. The Morgan fingerprint density at radius 1 is 1.21 bits per heavy atom. The molecule has 6 nitrogen and oxygen atoms in total. The first-order valence-corrected chi connectivity index (χ1v) is 8.70. The number of amides is 1. The predicted molar refractivity (Wildman–Crippen MR) is 102 cm³/mol. The van der Waals surface area contributed by atoms with Gasteiger partial charge < -0.3 is 4.90 Å². The molecule has 0 fully saturated rings. The summed E-state index contributed by atoms with van der Waals surface area (Å²) in [6.07, 6.45) is 4.91. The summed E-state index contributed by atoms with van der Waals surface area (Å²) in [6, 6.07) is 9.67. The number of nitrogens with zero attached hydrogens (tertiary/aromatic N) is 5. The molecule has 1 aliphatic heterocycles. The van der Waals surface area contributed by atoms with E-state index in [9.17, 15) is 9.18 Å². The molecule has 4 heterocycles. The maximum absolute atomic E-state index is 14.9. The van der Waals surface area contributed by atoms with Crippen LogP contribution in [0, 0.1) is 5.82 Å². The lowest BCUT2D eigenvalue weighted by Crippen LogP contribution is -2.23. The second-order valence-corrected chi connectivity index (χ2v) is 6.65. The highest BCUT2D eigenvalue weighted by atomic mass is 19.1. The van der Waals surface area contributed by atoms with Crippen molar-refractivity contribution in [2.75, 3.05) is 0 Å². The average molecular weight is 375 g/mol. The molecule has 0 aliphatic carbocycles. The number of aromatic nitrogens is 4. The van der Waals surface area contributed by atoms with E-state index in [1.807, 2.05) is 19.3 Å². The Morgan fingerprint density at radius 3 is 2.93 bits per heavy atom. The molecule has 1 aromatic carbocycles. The summed E-state index contributed by atoms with van der Waals surface area (Å²) in [5.74, 6) is -1.02. The summed E-state index contributed by atoms with van der Waals surface area (Å²) < 4.78 is 33.2. The van der Waals surface area contributed by atoms with Gasteiger partial charge >= 0.3 is 0 Å². The Bertz CT molecular complexity index is 1320. The van der Waals surface area contributed by atoms with Gasteiger partial charge in [-0.25, -0.2) is 9.37 Å². The molecule has 0 atom stereocenters. The smallest absolute Gasteiger partial charge is 0.256 e. The van der Waals surface area contributed by atoms with Crippen molar-refractivity contribution in [2.24, 2.45) is 7.05 Å². The summed E-state index contributed by atoms with van der Waals surface area (Å²) in [5.41, 5.74) is 2.47. The van der Waals surface area contributed by atoms with Crippen molar-refractivity contribution >= 4 is 16.9 Å². The number of fused-ring (bicyclic) bond motifs is 2. The van der Waals surface area contributed by atoms with E-state index in [2.05, 4.69) is 15.1 Å². The lowest BCUT2D eigenvalue weighted by Gasteiger charge is -2.16. The van der Waals surface area contributed by atoms with Crippen LogP contribution in [0.4, 0.5) is 4.39 Å². The van der Waals surface area contributed by atoms with Gasteiger partial charge in [-0.2, -0.15) is 5.10 Å². The van der Waals surface area contributed by atoms with Gasteiger partial charge in [-0.3, -0.25) is 14.5 Å². The Labute approximate surface area is 163 Å². The van der Waals surface area contributed by atoms with Crippen LogP contribution in [0.15, 0.2) is 55.0 Å². The second kappa shape index (κ2) is 6.23. The molecule has 0 saturated heterocycles. The number of pyridine rings is 2. The Morgan fingerprint density at radius 2 is 2.11 bits per heavy atom. The van der Waals surface area contributed by atoms with Crippen molar-refractivity contribution < 1.29 is 11.9 Å². The minimum atomic E-state index is -2.10. The number of carbonyl (C=O) groups is 1. The molecule has 138 valence electrons. The van der Waals surface area contributed by atoms with Crippen LogP contribution >= 0.6 is 0 Å². The summed E-state index contributed by atoms with van der Waals surface area (Å²) in [6.45, 7) is -2.30. The lowest BCUT2D eigenvalue weighted by molar-refractivity contribution is 0.0765. The Hall–Kier alpha value is -3.61. The van der Waals surface area contributed by atoms with E-state index in [4.69, 9.17) is 2.74 Å². The number of halogens is 1. The van der Waals surface area contributed by atoms with Gasteiger partial charge in [-0.15, -0.1) is 0 Å². The Balaban J connectivity index is 1.46. The van der Waals surface area contributed by atoms with E-state index < -0.39 is 18.2 Å². The first kappa shape index (κ1) is 14.4. The highest BCUT2D eigenvalue weighted by Crippen LogP contribution is 2.27. The van der Waals surface area contributed by atoms with Crippen LogP contribution in [0.5, 0.6) is 0 Å². The molecular weight excluding hydrogens is 357 g/mol. The van der Waals surface area contributed by atoms with Crippen LogP contribution in [0.1, 0.15) is 24.4 Å². The molecule has 0 spiro atoms. The van der Waals surface area contributed by atoms with Crippen LogP contribution in [0.2, 0.25) is 0 Å². The normalized spacial score (nSPS) is 16.2. The van der Waals surface area contributed by atoms with E-state index in [0.717, 1.165) is 15.8 Å². The van der Waals surface area contributed by atoms with Gasteiger partial charge in [-0.05, 0) is 29.8 Å². The highest BCUT2D eigenvalue weighted by molar-refractivity contribution is 5.97. The summed E-state index contributed by atoms with van der Waals surface area (Å²) in [7, 11) is 1.81. The zero-order chi connectivity index (χ0) is 21.0. The maximum Gasteiger partial charge on any atom is 0.256 e. The predicted octanol–water partition coefficient (Wildman–Crippen LogP) is 3.33. The molecule has 3 aromatic heterocycles. The van der Waals surface area contributed by atoms with E-state index in [1.165, 1.54) is 18.3 Å². The van der Waals surface area contributed by atoms with Gasteiger partial charge in [-0.1, -0.05) is 12.1 Å². The van der Waals surface area contributed by atoms with Crippen LogP contribution in [0.25, 0.3) is 22.2 Å². The van der Waals surface area contributed by atoms with Gasteiger partial charge in [0.25, 0.3) is 5.91 Å². The molecule has 1 aliphatic rings. The molecular formula is C21H16FN5O. The van der Waals surface area contributed by atoms with Gasteiger partial charge in [0.2, 0.25) is 0 Å². The summed E-state index contributed by atoms with van der Waals surface area (Å²) in [4.78, 5) is 22.0. The second-order valence-electron chi connectivity index (χ2n) is 6.65. The van der Waals surface area contributed by atoms with Crippen LogP contribution in [0.3, 0.4) is 0 Å². The molecule has 0 unspecified atom stereocenters. The molecule has 0 radical (unpaired) electrons. The monoisotopic (exact) mass is 375 g/mol. The summed E-state index contributed by atoms with van der Waals surface area (Å²) >= 11 is 0. The van der Waals surface area contributed by atoms with Crippen molar-refractivity contribution in [3.63, 3.8) is 0 Å². The van der Waals surface area contributed by atoms with E-state index in [0.29, 0.717) is 11.2 Å². The summed E-state index contributed by atoms with van der Waals surface area (Å²) in [5, 5.41) is 5.08. The van der Waals surface area contributed by atoms with Crippen LogP contribution in [-0.2, 0) is 20.1 Å². The molecule has 1 amide bonds. The van der Waals surface area contributed by atoms with Crippen LogP contribution in [-0.4, -0.2) is 30.6 Å². The molecule has 0 bridgehead atoms. The van der Waals surface area contributed by atoms with Gasteiger partial charge in [0, 0.05) is 48.7 Å². The van der Waals surface area contributed by atoms with Gasteiger partial charge in [0.15, 0.2) is 5.65 Å². The fourth-order valence-electron chi connectivity index (χ4n) is 3.32. The third-order valence-electron chi connectivity index (χ3n) is 4.71. The number of aryl methyl sites for hydroxylation is 1. The average Bonchev–Trinajstić information content (AvgIpc) is 3.19. The number of rotatable bonds is 3. The minimum absolute atomic E-state index is 0.0582. The number of benzene rings is 1. The number of carbonyl (C=O) groups excluding carboxylic acids is 1. The van der Waals surface area contributed by atoms with Crippen molar-refractivity contribution in [1.82, 2.24) is 24.6 Å². The van der Waals surface area contributed by atoms with E-state index in [1.54, 1.807) is 29.1 Å². The Kier molecular flexibility index (Phi) is 3.21. The largest absolute Gasteiger partial charge is 0.328 e. The van der Waals surface area contributed by atoms with Crippen molar-refractivity contribution in [2.45, 2.75) is 13.0 Å². The number of hydrogen-bond donors (Lipinski definition) is 0. The topological polar surface area (TPSA) is 63.9 Å². The lowest BCUT2D eigenvalue weighted by atomic mass is 10.0. The molecule has 0 N–H and O–H groups in total. The van der Waals surface area contributed by atoms with Crippen LogP contribution < -0.4 is 0 Å². The number of hydrogen-bond acceptors (Lipinski definition) is 4.